The van der Waals surface area contributed by atoms with Gasteiger partial charge < -0.3 is 20.5 Å². The highest BCUT2D eigenvalue weighted by molar-refractivity contribution is 6.32. The number of benzene rings is 2. The van der Waals surface area contributed by atoms with E-state index in [4.69, 9.17) is 16.6 Å². The third-order valence-electron chi connectivity index (χ3n) is 6.60. The number of hydrogen-bond acceptors (Lipinski definition) is 6. The summed E-state index contributed by atoms with van der Waals surface area (Å²) in [4.78, 5) is 20.9. The van der Waals surface area contributed by atoms with Crippen LogP contribution in [-0.4, -0.2) is 34.0 Å². The van der Waals surface area contributed by atoms with Crippen molar-refractivity contribution in [3.05, 3.63) is 64.9 Å². The van der Waals surface area contributed by atoms with Crippen molar-refractivity contribution in [1.29, 1.82) is 5.26 Å². The largest absolute Gasteiger partial charge is 0.383 e. The van der Waals surface area contributed by atoms with Crippen molar-refractivity contribution in [2.75, 3.05) is 24.2 Å². The van der Waals surface area contributed by atoms with E-state index in [0.29, 0.717) is 29.5 Å². The van der Waals surface area contributed by atoms with Gasteiger partial charge in [-0.3, -0.25) is 4.79 Å². The van der Waals surface area contributed by atoms with Crippen LogP contribution in [0.5, 0.6) is 0 Å². The maximum atomic E-state index is 11.7. The maximum absolute atomic E-state index is 11.7. The Morgan fingerprint density at radius 1 is 1.28 bits per heavy atom. The molecule has 0 radical (unpaired) electrons. The summed E-state index contributed by atoms with van der Waals surface area (Å²) < 4.78 is 2.00. The van der Waals surface area contributed by atoms with Crippen LogP contribution in [0.15, 0.2) is 48.8 Å². The van der Waals surface area contributed by atoms with Crippen LogP contribution in [0.1, 0.15) is 31.4 Å². The minimum absolute atomic E-state index is 0.0206. The highest BCUT2D eigenvalue weighted by Gasteiger charge is 2.32. The zero-order valence-electron chi connectivity index (χ0n) is 20.3. The summed E-state index contributed by atoms with van der Waals surface area (Å²) in [7, 11) is 1.63. The molecular weight excluding hydrogens is 474 g/mol. The molecule has 2 aromatic carbocycles. The van der Waals surface area contributed by atoms with Crippen molar-refractivity contribution in [3.8, 4) is 17.3 Å². The molecule has 8 nitrogen and oxygen atoms in total. The number of rotatable bonds is 6. The Bertz CT molecular complexity index is 1530. The molecule has 36 heavy (non-hydrogen) atoms. The first-order valence-corrected chi connectivity index (χ1v) is 12.1. The fourth-order valence-corrected chi connectivity index (χ4v) is 4.83. The zero-order chi connectivity index (χ0) is 25.4. The number of hydrogen-bond donors (Lipinski definition) is 3. The first kappa shape index (κ1) is 23.6. The number of halogens is 1. The van der Waals surface area contributed by atoms with Gasteiger partial charge in [0.25, 0.3) is 0 Å². The van der Waals surface area contributed by atoms with Crippen molar-refractivity contribution in [2.45, 2.75) is 32.2 Å². The molecular formula is C27H26ClN7O. The predicted molar refractivity (Wildman–Crippen MR) is 143 cm³/mol. The van der Waals surface area contributed by atoms with Crippen molar-refractivity contribution >= 4 is 45.7 Å². The number of carbonyl (C=O) groups excluding carboxylic acids is 1. The van der Waals surface area contributed by atoms with Gasteiger partial charge in [0.1, 0.15) is 6.07 Å². The normalized spacial score (nSPS) is 13.6. The molecule has 0 fully saturated rings. The first-order valence-electron chi connectivity index (χ1n) is 11.7. The fraction of sp³-hybridized carbons (Fsp3) is 0.259. The molecule has 182 valence electrons. The predicted octanol–water partition coefficient (Wildman–Crippen LogP) is 5.21. The van der Waals surface area contributed by atoms with Gasteiger partial charge in [-0.25, -0.2) is 9.97 Å². The molecule has 1 aliphatic heterocycles. The molecule has 5 rings (SSSR count). The molecule has 0 saturated heterocycles. The van der Waals surface area contributed by atoms with E-state index >= 15 is 0 Å². The second kappa shape index (κ2) is 9.17. The topological polar surface area (TPSA) is 108 Å². The van der Waals surface area contributed by atoms with Crippen molar-refractivity contribution in [3.63, 3.8) is 0 Å². The molecule has 0 aliphatic carbocycles. The van der Waals surface area contributed by atoms with Crippen molar-refractivity contribution in [1.82, 2.24) is 19.9 Å². The van der Waals surface area contributed by atoms with Gasteiger partial charge in [-0.05, 0) is 42.0 Å². The van der Waals surface area contributed by atoms with Crippen LogP contribution in [0, 0.1) is 11.3 Å². The number of nitrogens with one attached hydrogen (secondary N) is 3. The molecule has 1 aliphatic rings. The van der Waals surface area contributed by atoms with Gasteiger partial charge in [0.2, 0.25) is 11.9 Å². The van der Waals surface area contributed by atoms with Gasteiger partial charge >= 0.3 is 0 Å². The zero-order valence-corrected chi connectivity index (χ0v) is 21.1. The average Bonchev–Trinajstić information content (AvgIpc) is 3.42. The molecule has 0 atom stereocenters. The molecule has 0 unspecified atom stereocenters. The summed E-state index contributed by atoms with van der Waals surface area (Å²) in [6, 6.07) is 13.8. The van der Waals surface area contributed by atoms with E-state index < -0.39 is 0 Å². The number of fused-ring (bicyclic) bond motifs is 2. The third-order valence-corrected chi connectivity index (χ3v) is 6.82. The second-order valence-corrected chi connectivity index (χ2v) is 9.94. The molecule has 3 N–H and O–H groups in total. The number of aryl methyl sites for hydroxylation is 1. The Morgan fingerprint density at radius 2 is 2.11 bits per heavy atom. The Kier molecular flexibility index (Phi) is 6.02. The van der Waals surface area contributed by atoms with E-state index in [0.717, 1.165) is 45.6 Å². The minimum atomic E-state index is -0.0809. The molecule has 0 bridgehead atoms. The van der Waals surface area contributed by atoms with E-state index in [1.807, 2.05) is 41.1 Å². The Hall–Kier alpha value is -4.09. The molecule has 1 amide bonds. The number of anilines is 3. The molecule has 4 aromatic rings. The quantitative estimate of drug-likeness (QED) is 0.336. The Balaban J connectivity index is 1.49. The van der Waals surface area contributed by atoms with Crippen LogP contribution in [0.4, 0.5) is 17.3 Å². The smallest absolute Gasteiger partial charge is 0.227 e. The summed E-state index contributed by atoms with van der Waals surface area (Å²) in [6.45, 7) is 5.65. The number of aromatic nitrogens is 3. The summed E-state index contributed by atoms with van der Waals surface area (Å²) in [5.41, 5.74) is 5.81. The number of nitrogens with zero attached hydrogens (tertiary/aromatic N) is 4. The number of carbonyl (C=O) groups is 1. The van der Waals surface area contributed by atoms with Gasteiger partial charge in [-0.1, -0.05) is 25.4 Å². The van der Waals surface area contributed by atoms with E-state index in [2.05, 4.69) is 46.9 Å². The standard InChI is InChI=1S/C27H26ClN7O/c1-27(2)15-32-25-17(14-29)10-16(11-20(25)27)21-4-7-31-26(33-21)34-22-12-18(28)13-23-19(22)5-8-35(23)9-6-24(36)30-3/h4-5,7-8,10-13,32H,6,9,15H2,1-3H3,(H,30,36)(H,31,33,34). The summed E-state index contributed by atoms with van der Waals surface area (Å²) in [5.74, 6) is 0.401. The lowest BCUT2D eigenvalue weighted by molar-refractivity contribution is -0.120. The van der Waals surface area contributed by atoms with Gasteiger partial charge in [0, 0.05) is 60.3 Å². The van der Waals surface area contributed by atoms with Gasteiger partial charge in [-0.15, -0.1) is 0 Å². The Labute approximate surface area is 214 Å². The van der Waals surface area contributed by atoms with E-state index in [9.17, 15) is 10.1 Å². The summed E-state index contributed by atoms with van der Waals surface area (Å²) in [6.07, 6.45) is 4.01. The van der Waals surface area contributed by atoms with Crippen LogP contribution < -0.4 is 16.0 Å². The van der Waals surface area contributed by atoms with Crippen molar-refractivity contribution in [2.24, 2.45) is 0 Å². The van der Waals surface area contributed by atoms with Gasteiger partial charge in [0.15, 0.2) is 0 Å². The van der Waals surface area contributed by atoms with Crippen LogP contribution in [0.2, 0.25) is 5.02 Å². The molecule has 3 heterocycles. The van der Waals surface area contributed by atoms with Gasteiger partial charge in [-0.2, -0.15) is 5.26 Å². The lowest BCUT2D eigenvalue weighted by Crippen LogP contribution is -2.19. The van der Waals surface area contributed by atoms with E-state index in [1.165, 1.54) is 0 Å². The third kappa shape index (κ3) is 4.34. The van der Waals surface area contributed by atoms with Crippen LogP contribution in [-0.2, 0) is 16.8 Å². The van der Waals surface area contributed by atoms with Crippen LogP contribution in [0.3, 0.4) is 0 Å². The molecule has 0 spiro atoms. The molecule has 2 aromatic heterocycles. The maximum Gasteiger partial charge on any atom is 0.227 e. The fourth-order valence-electron chi connectivity index (χ4n) is 4.61. The highest BCUT2D eigenvalue weighted by atomic mass is 35.5. The summed E-state index contributed by atoms with van der Waals surface area (Å²) >= 11 is 6.44. The Morgan fingerprint density at radius 3 is 2.89 bits per heavy atom. The van der Waals surface area contributed by atoms with E-state index in [-0.39, 0.29) is 11.3 Å². The van der Waals surface area contributed by atoms with E-state index in [1.54, 1.807) is 13.2 Å². The SMILES string of the molecule is CNC(=O)CCn1ccc2c(Nc3nccc(-c4cc(C#N)c5c(c4)C(C)(C)CN5)n3)cc(Cl)cc21. The lowest BCUT2D eigenvalue weighted by atomic mass is 9.85. The lowest BCUT2D eigenvalue weighted by Gasteiger charge is -2.18. The number of nitriles is 1. The van der Waals surface area contributed by atoms with Gasteiger partial charge in [0.05, 0.1) is 28.1 Å². The van der Waals surface area contributed by atoms with Crippen LogP contribution >= 0.6 is 11.6 Å². The van der Waals surface area contributed by atoms with Crippen molar-refractivity contribution < 1.29 is 4.79 Å². The molecule has 9 heteroatoms. The van der Waals surface area contributed by atoms with Crippen LogP contribution in [0.25, 0.3) is 22.2 Å². The first-order chi connectivity index (χ1) is 17.3. The summed E-state index contributed by atoms with van der Waals surface area (Å²) in [5, 5.41) is 20.6. The minimum Gasteiger partial charge on any atom is -0.383 e. The second-order valence-electron chi connectivity index (χ2n) is 9.50. The highest BCUT2D eigenvalue weighted by Crippen LogP contribution is 2.41. The average molecular weight is 500 g/mol. The molecule has 0 saturated carbocycles. The monoisotopic (exact) mass is 499 g/mol. The number of amides is 1.